The fourth-order valence-corrected chi connectivity index (χ4v) is 3.54. The van der Waals surface area contributed by atoms with Gasteiger partial charge in [0.2, 0.25) is 0 Å². The lowest BCUT2D eigenvalue weighted by molar-refractivity contribution is -0.130. The fourth-order valence-electron chi connectivity index (χ4n) is 3.54. The molecule has 0 aliphatic rings. The number of aromatic carboxylic acids is 1. The number of carboxylic acid groups (broad SMARTS) is 2. The number of aliphatic carboxylic acids is 1. The van der Waals surface area contributed by atoms with Crippen LogP contribution >= 0.6 is 0 Å². The summed E-state index contributed by atoms with van der Waals surface area (Å²) in [5, 5.41) is 40.2. The quantitative estimate of drug-likeness (QED) is 0.384. The second-order valence-electron chi connectivity index (χ2n) is 9.76. The van der Waals surface area contributed by atoms with E-state index in [0.29, 0.717) is 22.3 Å². The summed E-state index contributed by atoms with van der Waals surface area (Å²) >= 11 is 0. The van der Waals surface area contributed by atoms with Gasteiger partial charge in [-0.3, -0.25) is 0 Å². The van der Waals surface area contributed by atoms with Gasteiger partial charge in [-0.1, -0.05) is 41.5 Å². The normalized spacial score (nSPS) is 13.0. The molecule has 0 spiro atoms. The lowest BCUT2D eigenvalue weighted by Crippen LogP contribution is -2.18. The van der Waals surface area contributed by atoms with Crippen molar-refractivity contribution in [3.8, 4) is 11.5 Å². The number of allylic oxidation sites excluding steroid dienone is 1. The third-order valence-electron chi connectivity index (χ3n) is 5.25. The molecule has 0 fully saturated rings. The number of phenolic OH excluding ortho intramolecular Hbond substituents is 2. The van der Waals surface area contributed by atoms with Gasteiger partial charge in [-0.05, 0) is 59.2 Å². The smallest absolute Gasteiger partial charge is 0.336 e. The summed E-state index contributed by atoms with van der Waals surface area (Å²) in [4.78, 5) is 24.0. The zero-order valence-electron chi connectivity index (χ0n) is 19.0. The molecular formula is C25H30O6. The SMILES string of the molecule is C/C(=C(\C(=O)O)c1ccc(O)cc1C(=O)O)c1cc(C(C)(C)C)c(O)c(C(C)(C)C)c1. The van der Waals surface area contributed by atoms with E-state index in [1.54, 1.807) is 19.1 Å². The van der Waals surface area contributed by atoms with E-state index < -0.39 is 22.8 Å². The Morgan fingerprint density at radius 3 is 1.65 bits per heavy atom. The van der Waals surface area contributed by atoms with Crippen molar-refractivity contribution in [1.29, 1.82) is 0 Å². The second kappa shape index (κ2) is 8.10. The van der Waals surface area contributed by atoms with Gasteiger partial charge in [0.15, 0.2) is 0 Å². The van der Waals surface area contributed by atoms with E-state index in [0.717, 1.165) is 6.07 Å². The first-order valence-corrected chi connectivity index (χ1v) is 9.95. The number of rotatable bonds is 4. The van der Waals surface area contributed by atoms with Crippen molar-refractivity contribution >= 4 is 23.1 Å². The van der Waals surface area contributed by atoms with E-state index >= 15 is 0 Å². The van der Waals surface area contributed by atoms with Crippen molar-refractivity contribution in [1.82, 2.24) is 0 Å². The summed E-state index contributed by atoms with van der Waals surface area (Å²) in [6, 6.07) is 7.09. The van der Waals surface area contributed by atoms with Crippen molar-refractivity contribution in [3.63, 3.8) is 0 Å². The molecule has 0 unspecified atom stereocenters. The average molecular weight is 427 g/mol. The second-order valence-corrected chi connectivity index (χ2v) is 9.76. The molecule has 0 aliphatic heterocycles. The average Bonchev–Trinajstić information content (AvgIpc) is 2.60. The minimum Gasteiger partial charge on any atom is -0.508 e. The van der Waals surface area contributed by atoms with Gasteiger partial charge in [0, 0.05) is 16.7 Å². The van der Waals surface area contributed by atoms with E-state index in [-0.39, 0.29) is 28.2 Å². The molecule has 2 rings (SSSR count). The van der Waals surface area contributed by atoms with Gasteiger partial charge < -0.3 is 20.4 Å². The van der Waals surface area contributed by atoms with Crippen LogP contribution in [-0.4, -0.2) is 32.4 Å². The van der Waals surface area contributed by atoms with Gasteiger partial charge in [-0.15, -0.1) is 0 Å². The molecule has 0 atom stereocenters. The van der Waals surface area contributed by atoms with Crippen LogP contribution in [0.1, 0.15) is 81.1 Å². The number of aromatic hydroxyl groups is 2. The molecule has 0 radical (unpaired) electrons. The van der Waals surface area contributed by atoms with E-state index in [1.807, 2.05) is 41.5 Å². The standard InChI is InChI=1S/C25H30O6/c1-13(20(23(30)31)16-9-8-15(26)12-17(16)22(28)29)14-10-18(24(2,3)4)21(27)19(11-14)25(5,6)7/h8-12,26-27H,1-7H3,(H,28,29)(H,30,31)/b20-13+. The van der Waals surface area contributed by atoms with Crippen LogP contribution in [0.3, 0.4) is 0 Å². The first-order chi connectivity index (χ1) is 14.1. The molecule has 31 heavy (non-hydrogen) atoms. The van der Waals surface area contributed by atoms with Gasteiger partial charge in [0.25, 0.3) is 0 Å². The van der Waals surface area contributed by atoms with Gasteiger partial charge in [-0.25, -0.2) is 9.59 Å². The highest BCUT2D eigenvalue weighted by atomic mass is 16.4. The number of benzene rings is 2. The monoisotopic (exact) mass is 426 g/mol. The van der Waals surface area contributed by atoms with Crippen LogP contribution in [0, 0.1) is 0 Å². The van der Waals surface area contributed by atoms with Gasteiger partial charge in [-0.2, -0.15) is 0 Å². The molecule has 0 saturated carbocycles. The van der Waals surface area contributed by atoms with Gasteiger partial charge in [0.1, 0.15) is 11.5 Å². The molecule has 6 heteroatoms. The molecule has 2 aromatic rings. The Labute approximate surface area is 182 Å². The fraction of sp³-hybridized carbons (Fsp3) is 0.360. The number of phenols is 2. The Morgan fingerprint density at radius 2 is 1.26 bits per heavy atom. The molecule has 6 nitrogen and oxygen atoms in total. The first kappa shape index (κ1) is 24.0. The van der Waals surface area contributed by atoms with E-state index in [2.05, 4.69) is 0 Å². The van der Waals surface area contributed by atoms with Crippen molar-refractivity contribution in [2.75, 3.05) is 0 Å². The Balaban J connectivity index is 2.96. The maximum absolute atomic E-state index is 12.2. The number of hydrogen-bond acceptors (Lipinski definition) is 4. The summed E-state index contributed by atoms with van der Waals surface area (Å²) in [6.07, 6.45) is 0. The number of carboxylic acids is 2. The molecule has 0 saturated heterocycles. The van der Waals surface area contributed by atoms with E-state index in [1.165, 1.54) is 12.1 Å². The van der Waals surface area contributed by atoms with E-state index in [4.69, 9.17) is 0 Å². The predicted octanol–water partition coefficient (Wildman–Crippen LogP) is 5.41. The van der Waals surface area contributed by atoms with Crippen molar-refractivity contribution in [2.45, 2.75) is 59.3 Å². The Kier molecular flexibility index (Phi) is 6.27. The molecule has 0 aromatic heterocycles. The molecule has 166 valence electrons. The van der Waals surface area contributed by atoms with E-state index in [9.17, 15) is 30.0 Å². The third kappa shape index (κ3) is 4.90. The summed E-state index contributed by atoms with van der Waals surface area (Å²) in [7, 11) is 0. The lowest BCUT2D eigenvalue weighted by atomic mass is 9.77. The van der Waals surface area contributed by atoms with Crippen molar-refractivity contribution in [3.05, 3.63) is 58.1 Å². The Morgan fingerprint density at radius 1 is 0.774 bits per heavy atom. The maximum Gasteiger partial charge on any atom is 0.336 e. The van der Waals surface area contributed by atoms with Gasteiger partial charge in [0.05, 0.1) is 11.1 Å². The van der Waals surface area contributed by atoms with Crippen molar-refractivity contribution < 1.29 is 30.0 Å². The third-order valence-corrected chi connectivity index (χ3v) is 5.25. The van der Waals surface area contributed by atoms with Crippen LogP contribution in [0.15, 0.2) is 30.3 Å². The highest BCUT2D eigenvalue weighted by molar-refractivity contribution is 6.25. The Bertz CT molecular complexity index is 1040. The van der Waals surface area contributed by atoms with Crippen LogP contribution in [0.25, 0.3) is 11.1 Å². The largest absolute Gasteiger partial charge is 0.508 e. The molecule has 0 amide bonds. The van der Waals surface area contributed by atoms with Gasteiger partial charge >= 0.3 is 11.9 Å². The van der Waals surface area contributed by atoms with Crippen molar-refractivity contribution in [2.24, 2.45) is 0 Å². The molecule has 0 bridgehead atoms. The molecule has 2 aromatic carbocycles. The minimum absolute atomic E-state index is 0.00186. The first-order valence-electron chi connectivity index (χ1n) is 9.95. The molecule has 0 heterocycles. The summed E-state index contributed by atoms with van der Waals surface area (Å²) in [6.45, 7) is 13.4. The summed E-state index contributed by atoms with van der Waals surface area (Å²) < 4.78 is 0. The number of hydrogen-bond donors (Lipinski definition) is 4. The van der Waals surface area contributed by atoms with Crippen LogP contribution < -0.4 is 0 Å². The zero-order valence-corrected chi connectivity index (χ0v) is 19.0. The minimum atomic E-state index is -1.34. The van der Waals surface area contributed by atoms with Crippen LogP contribution in [-0.2, 0) is 15.6 Å². The molecule has 0 aliphatic carbocycles. The lowest BCUT2D eigenvalue weighted by Gasteiger charge is -2.28. The topological polar surface area (TPSA) is 115 Å². The molecular weight excluding hydrogens is 396 g/mol. The highest BCUT2D eigenvalue weighted by Crippen LogP contribution is 2.42. The number of carbonyl (C=O) groups is 2. The van der Waals surface area contributed by atoms with Crippen LogP contribution in [0.5, 0.6) is 11.5 Å². The highest BCUT2D eigenvalue weighted by Gasteiger charge is 2.28. The van der Waals surface area contributed by atoms with Crippen LogP contribution in [0.2, 0.25) is 0 Å². The summed E-state index contributed by atoms with van der Waals surface area (Å²) in [5.41, 5.74) is 0.976. The zero-order chi connectivity index (χ0) is 23.9. The Hall–Kier alpha value is -3.28. The van der Waals surface area contributed by atoms with Crippen LogP contribution in [0.4, 0.5) is 0 Å². The molecule has 4 N–H and O–H groups in total. The predicted molar refractivity (Wildman–Crippen MR) is 121 cm³/mol. The summed E-state index contributed by atoms with van der Waals surface area (Å²) in [5.74, 6) is -2.72. The maximum atomic E-state index is 12.2.